The van der Waals surface area contributed by atoms with Crippen molar-refractivity contribution in [2.24, 2.45) is 0 Å². The minimum absolute atomic E-state index is 0.0151. The molecular weight excluding hydrogens is 346 g/mol. The Morgan fingerprint density at radius 1 is 1.11 bits per heavy atom. The van der Waals surface area contributed by atoms with Crippen molar-refractivity contribution in [3.8, 4) is 5.75 Å². The second-order valence-corrected chi connectivity index (χ2v) is 6.46. The molecule has 2 aromatic rings. The zero-order chi connectivity index (χ0) is 19.8. The Labute approximate surface area is 159 Å². The molecule has 6 nitrogen and oxygen atoms in total. The summed E-state index contributed by atoms with van der Waals surface area (Å²) in [5.74, 6) is -0.114. The molecule has 0 spiro atoms. The number of aromatic hydroxyl groups is 1. The van der Waals surface area contributed by atoms with Crippen molar-refractivity contribution in [2.45, 2.75) is 32.5 Å². The van der Waals surface area contributed by atoms with Crippen molar-refractivity contribution in [3.63, 3.8) is 0 Å². The van der Waals surface area contributed by atoms with Crippen molar-refractivity contribution in [2.75, 3.05) is 19.7 Å². The molecule has 0 saturated carbocycles. The van der Waals surface area contributed by atoms with Crippen LogP contribution in [0.1, 0.15) is 52.9 Å². The van der Waals surface area contributed by atoms with Crippen LogP contribution in [0.25, 0.3) is 0 Å². The van der Waals surface area contributed by atoms with Gasteiger partial charge in [0.05, 0.1) is 24.9 Å². The molecule has 0 radical (unpaired) electrons. The van der Waals surface area contributed by atoms with E-state index in [1.807, 2.05) is 12.1 Å². The first-order chi connectivity index (χ1) is 13.0. The molecule has 0 saturated heterocycles. The van der Waals surface area contributed by atoms with E-state index in [0.29, 0.717) is 36.4 Å². The molecule has 0 fully saturated rings. The maximum absolute atomic E-state index is 11.7. The summed E-state index contributed by atoms with van der Waals surface area (Å²) in [6, 6.07) is 12.0. The molecule has 0 aromatic heterocycles. The fourth-order valence-corrected chi connectivity index (χ4v) is 2.77. The Bertz CT molecular complexity index is 745. The van der Waals surface area contributed by atoms with Crippen LogP contribution in [-0.4, -0.2) is 41.0 Å². The van der Waals surface area contributed by atoms with E-state index in [0.717, 1.165) is 5.56 Å². The van der Waals surface area contributed by atoms with Gasteiger partial charge >= 0.3 is 5.97 Å². The summed E-state index contributed by atoms with van der Waals surface area (Å²) in [4.78, 5) is 11.7. The summed E-state index contributed by atoms with van der Waals surface area (Å²) in [7, 11) is 0. The summed E-state index contributed by atoms with van der Waals surface area (Å²) in [5, 5.41) is 32.3. The van der Waals surface area contributed by atoms with E-state index in [4.69, 9.17) is 4.74 Å². The normalized spacial score (nSPS) is 13.2. The standard InChI is InChI=1S/C21H27NO5/c1-3-27-21(26)16-6-4-15(5-7-16)14(2)11-22-12-20(25)17-8-9-19(24)18(10-17)13-23/h4-10,14,20,22-25H,3,11-13H2,1-2H3. The van der Waals surface area contributed by atoms with Crippen molar-refractivity contribution < 1.29 is 24.9 Å². The molecule has 146 valence electrons. The largest absolute Gasteiger partial charge is 0.508 e. The highest BCUT2D eigenvalue weighted by Crippen LogP contribution is 2.22. The molecule has 2 atom stereocenters. The van der Waals surface area contributed by atoms with E-state index in [1.54, 1.807) is 31.2 Å². The van der Waals surface area contributed by atoms with Crippen LogP contribution in [0.3, 0.4) is 0 Å². The van der Waals surface area contributed by atoms with Crippen molar-refractivity contribution >= 4 is 5.97 Å². The van der Waals surface area contributed by atoms with Crippen LogP contribution in [0.15, 0.2) is 42.5 Å². The molecule has 2 rings (SSSR count). The zero-order valence-corrected chi connectivity index (χ0v) is 15.7. The Morgan fingerprint density at radius 3 is 2.41 bits per heavy atom. The van der Waals surface area contributed by atoms with E-state index >= 15 is 0 Å². The second kappa shape index (κ2) is 10.1. The van der Waals surface area contributed by atoms with E-state index in [-0.39, 0.29) is 24.2 Å². The highest BCUT2D eigenvalue weighted by molar-refractivity contribution is 5.89. The number of rotatable bonds is 9. The predicted octanol–water partition coefficient (Wildman–Crippen LogP) is 2.49. The third-order valence-corrected chi connectivity index (χ3v) is 4.44. The molecular formula is C21H27NO5. The van der Waals surface area contributed by atoms with E-state index in [1.165, 1.54) is 6.07 Å². The first-order valence-electron chi connectivity index (χ1n) is 9.04. The molecule has 27 heavy (non-hydrogen) atoms. The molecule has 0 aliphatic rings. The number of esters is 1. The third-order valence-electron chi connectivity index (χ3n) is 4.44. The fraction of sp³-hybridized carbons (Fsp3) is 0.381. The Kier molecular flexibility index (Phi) is 7.79. The number of hydrogen-bond acceptors (Lipinski definition) is 6. The Hall–Kier alpha value is -2.41. The van der Waals surface area contributed by atoms with Crippen LogP contribution in [0.5, 0.6) is 5.75 Å². The minimum Gasteiger partial charge on any atom is -0.508 e. The SMILES string of the molecule is CCOC(=O)c1ccc(C(C)CNCC(O)c2ccc(O)c(CO)c2)cc1. The fourth-order valence-electron chi connectivity index (χ4n) is 2.77. The average molecular weight is 373 g/mol. The minimum atomic E-state index is -0.741. The zero-order valence-electron chi connectivity index (χ0n) is 15.7. The third kappa shape index (κ3) is 5.79. The van der Waals surface area contributed by atoms with Crippen molar-refractivity contribution in [1.29, 1.82) is 0 Å². The van der Waals surface area contributed by atoms with Crippen LogP contribution in [0.2, 0.25) is 0 Å². The summed E-state index contributed by atoms with van der Waals surface area (Å²) >= 11 is 0. The van der Waals surface area contributed by atoms with Gasteiger partial charge in [-0.1, -0.05) is 25.1 Å². The van der Waals surface area contributed by atoms with Gasteiger partial charge in [0.2, 0.25) is 0 Å². The summed E-state index contributed by atoms with van der Waals surface area (Å²) in [6.07, 6.45) is -0.741. The molecule has 0 bridgehead atoms. The van der Waals surface area contributed by atoms with Crippen LogP contribution in [-0.2, 0) is 11.3 Å². The van der Waals surface area contributed by atoms with Crippen LogP contribution >= 0.6 is 0 Å². The van der Waals surface area contributed by atoms with Gasteiger partial charge in [-0.3, -0.25) is 0 Å². The lowest BCUT2D eigenvalue weighted by molar-refractivity contribution is 0.0526. The quantitative estimate of drug-likeness (QED) is 0.504. The molecule has 0 aliphatic carbocycles. The Morgan fingerprint density at radius 2 is 1.78 bits per heavy atom. The molecule has 0 aliphatic heterocycles. The number of aliphatic hydroxyl groups is 2. The summed E-state index contributed by atoms with van der Waals surface area (Å²) < 4.78 is 4.98. The molecule has 0 amide bonds. The van der Waals surface area contributed by atoms with Gasteiger partial charge in [0.1, 0.15) is 5.75 Å². The van der Waals surface area contributed by atoms with Gasteiger partial charge in [-0.25, -0.2) is 4.79 Å². The highest BCUT2D eigenvalue weighted by Gasteiger charge is 2.12. The number of phenols is 1. The van der Waals surface area contributed by atoms with E-state index in [2.05, 4.69) is 12.2 Å². The maximum Gasteiger partial charge on any atom is 0.338 e. The summed E-state index contributed by atoms with van der Waals surface area (Å²) in [5.41, 5.74) is 2.64. The molecule has 2 unspecified atom stereocenters. The van der Waals surface area contributed by atoms with Crippen LogP contribution in [0, 0.1) is 0 Å². The highest BCUT2D eigenvalue weighted by atomic mass is 16.5. The predicted molar refractivity (Wildman–Crippen MR) is 103 cm³/mol. The smallest absolute Gasteiger partial charge is 0.338 e. The van der Waals surface area contributed by atoms with Crippen molar-refractivity contribution in [1.82, 2.24) is 5.32 Å². The molecule has 4 N–H and O–H groups in total. The summed E-state index contributed by atoms with van der Waals surface area (Å²) in [6.45, 7) is 4.91. The van der Waals surface area contributed by atoms with Gasteiger partial charge in [-0.05, 0) is 48.2 Å². The topological polar surface area (TPSA) is 99.0 Å². The number of ether oxygens (including phenoxy) is 1. The van der Waals surface area contributed by atoms with Gasteiger partial charge in [0.15, 0.2) is 0 Å². The van der Waals surface area contributed by atoms with Crippen LogP contribution in [0.4, 0.5) is 0 Å². The number of aliphatic hydroxyl groups excluding tert-OH is 2. The number of nitrogens with one attached hydrogen (secondary N) is 1. The lowest BCUT2D eigenvalue weighted by Crippen LogP contribution is -2.25. The maximum atomic E-state index is 11.7. The molecule has 0 heterocycles. The number of benzene rings is 2. The van der Waals surface area contributed by atoms with Gasteiger partial charge < -0.3 is 25.4 Å². The second-order valence-electron chi connectivity index (χ2n) is 6.46. The first kappa shape index (κ1) is 20.9. The van der Waals surface area contributed by atoms with Gasteiger partial charge in [0, 0.05) is 18.7 Å². The average Bonchev–Trinajstić information content (AvgIpc) is 2.68. The molecule has 6 heteroatoms. The number of carbonyl (C=O) groups is 1. The van der Waals surface area contributed by atoms with E-state index in [9.17, 15) is 20.1 Å². The number of hydrogen-bond donors (Lipinski definition) is 4. The Balaban J connectivity index is 1.86. The molecule has 2 aromatic carbocycles. The van der Waals surface area contributed by atoms with Crippen LogP contribution < -0.4 is 5.32 Å². The lowest BCUT2D eigenvalue weighted by Gasteiger charge is -2.17. The monoisotopic (exact) mass is 373 g/mol. The lowest BCUT2D eigenvalue weighted by atomic mass is 9.99. The van der Waals surface area contributed by atoms with Gasteiger partial charge in [-0.2, -0.15) is 0 Å². The van der Waals surface area contributed by atoms with Crippen molar-refractivity contribution in [3.05, 3.63) is 64.7 Å². The van der Waals surface area contributed by atoms with E-state index < -0.39 is 6.10 Å². The first-order valence-corrected chi connectivity index (χ1v) is 9.04. The van der Waals surface area contributed by atoms with Gasteiger partial charge in [-0.15, -0.1) is 0 Å². The van der Waals surface area contributed by atoms with Gasteiger partial charge in [0.25, 0.3) is 0 Å². The number of carbonyl (C=O) groups excluding carboxylic acids is 1.